The van der Waals surface area contributed by atoms with Gasteiger partial charge in [0.2, 0.25) is 0 Å². The summed E-state index contributed by atoms with van der Waals surface area (Å²) in [6.07, 6.45) is 2.50. The van der Waals surface area contributed by atoms with Crippen LogP contribution in [-0.2, 0) is 6.42 Å². The fourth-order valence-corrected chi connectivity index (χ4v) is 2.80. The predicted molar refractivity (Wildman–Crippen MR) is 69.6 cm³/mol. The van der Waals surface area contributed by atoms with Crippen molar-refractivity contribution in [1.82, 2.24) is 4.90 Å². The standard InChI is InChI=1S/C15H23N/c1-4-16-10-9-13-7-5-6-8-14(13)15(16)11-12(2)3/h5-8,12,15H,4,9-11H2,1-3H3. The Hall–Kier alpha value is -0.820. The van der Waals surface area contributed by atoms with Crippen LogP contribution < -0.4 is 0 Å². The third-order valence-corrected chi connectivity index (χ3v) is 3.62. The maximum Gasteiger partial charge on any atom is 0.0353 e. The van der Waals surface area contributed by atoms with Crippen molar-refractivity contribution < 1.29 is 0 Å². The first kappa shape index (κ1) is 11.7. The fraction of sp³-hybridized carbons (Fsp3) is 0.600. The largest absolute Gasteiger partial charge is 0.296 e. The number of hydrogen-bond donors (Lipinski definition) is 0. The molecule has 1 unspecified atom stereocenters. The summed E-state index contributed by atoms with van der Waals surface area (Å²) in [5, 5.41) is 0. The number of likely N-dealkylation sites (N-methyl/N-ethyl adjacent to an activating group) is 1. The lowest BCUT2D eigenvalue weighted by molar-refractivity contribution is 0.171. The van der Waals surface area contributed by atoms with Crippen LogP contribution in [0.25, 0.3) is 0 Å². The number of nitrogens with zero attached hydrogens (tertiary/aromatic N) is 1. The smallest absolute Gasteiger partial charge is 0.0353 e. The van der Waals surface area contributed by atoms with Crippen molar-refractivity contribution in [3.05, 3.63) is 35.4 Å². The molecule has 16 heavy (non-hydrogen) atoms. The Morgan fingerprint density at radius 1 is 1.31 bits per heavy atom. The molecule has 1 heteroatoms. The first-order valence-electron chi connectivity index (χ1n) is 6.54. The van der Waals surface area contributed by atoms with E-state index in [9.17, 15) is 0 Å². The van der Waals surface area contributed by atoms with Crippen LogP contribution in [0.15, 0.2) is 24.3 Å². The van der Waals surface area contributed by atoms with Crippen molar-refractivity contribution in [1.29, 1.82) is 0 Å². The Kier molecular flexibility index (Phi) is 3.65. The molecule has 0 aromatic heterocycles. The molecule has 1 aliphatic heterocycles. The molecular weight excluding hydrogens is 194 g/mol. The Morgan fingerprint density at radius 3 is 2.75 bits per heavy atom. The number of hydrogen-bond acceptors (Lipinski definition) is 1. The molecule has 1 nitrogen and oxygen atoms in total. The highest BCUT2D eigenvalue weighted by molar-refractivity contribution is 5.32. The van der Waals surface area contributed by atoms with Crippen molar-refractivity contribution >= 4 is 0 Å². The third-order valence-electron chi connectivity index (χ3n) is 3.62. The Labute approximate surface area is 99.5 Å². The molecule has 1 aromatic rings. The van der Waals surface area contributed by atoms with Crippen molar-refractivity contribution in [3.8, 4) is 0 Å². The average Bonchev–Trinajstić information content (AvgIpc) is 2.29. The molecular formula is C15H23N. The molecule has 0 radical (unpaired) electrons. The molecule has 1 aromatic carbocycles. The average molecular weight is 217 g/mol. The van der Waals surface area contributed by atoms with E-state index in [2.05, 4.69) is 49.9 Å². The summed E-state index contributed by atoms with van der Waals surface area (Å²) in [7, 11) is 0. The van der Waals surface area contributed by atoms with E-state index >= 15 is 0 Å². The van der Waals surface area contributed by atoms with Gasteiger partial charge in [0.15, 0.2) is 0 Å². The van der Waals surface area contributed by atoms with Crippen LogP contribution in [0.1, 0.15) is 44.4 Å². The SMILES string of the molecule is CCN1CCc2ccccc2C1CC(C)C. The van der Waals surface area contributed by atoms with E-state index in [1.807, 2.05) is 0 Å². The first-order chi connectivity index (χ1) is 7.72. The van der Waals surface area contributed by atoms with Gasteiger partial charge in [0.05, 0.1) is 0 Å². The summed E-state index contributed by atoms with van der Waals surface area (Å²) in [6, 6.07) is 9.63. The zero-order valence-corrected chi connectivity index (χ0v) is 10.7. The van der Waals surface area contributed by atoms with Gasteiger partial charge >= 0.3 is 0 Å². The molecule has 2 rings (SSSR count). The van der Waals surface area contributed by atoms with Crippen molar-refractivity contribution in [3.63, 3.8) is 0 Å². The van der Waals surface area contributed by atoms with Crippen LogP contribution in [0.4, 0.5) is 0 Å². The van der Waals surface area contributed by atoms with Crippen LogP contribution in [-0.4, -0.2) is 18.0 Å². The minimum Gasteiger partial charge on any atom is -0.296 e. The quantitative estimate of drug-likeness (QED) is 0.747. The van der Waals surface area contributed by atoms with E-state index < -0.39 is 0 Å². The van der Waals surface area contributed by atoms with E-state index in [1.54, 1.807) is 11.1 Å². The van der Waals surface area contributed by atoms with E-state index in [0.29, 0.717) is 6.04 Å². The second-order valence-corrected chi connectivity index (χ2v) is 5.22. The zero-order valence-electron chi connectivity index (χ0n) is 10.7. The maximum absolute atomic E-state index is 2.63. The lowest BCUT2D eigenvalue weighted by atomic mass is 9.88. The second-order valence-electron chi connectivity index (χ2n) is 5.22. The van der Waals surface area contributed by atoms with Crippen molar-refractivity contribution in [2.24, 2.45) is 5.92 Å². The molecule has 0 fully saturated rings. The number of benzene rings is 1. The summed E-state index contributed by atoms with van der Waals surface area (Å²) in [6.45, 7) is 9.33. The second kappa shape index (κ2) is 5.01. The summed E-state index contributed by atoms with van der Waals surface area (Å²) >= 11 is 0. The van der Waals surface area contributed by atoms with Gasteiger partial charge in [-0.25, -0.2) is 0 Å². The molecule has 0 amide bonds. The lowest BCUT2D eigenvalue weighted by Gasteiger charge is -2.37. The maximum atomic E-state index is 2.63. The molecule has 0 N–H and O–H groups in total. The van der Waals surface area contributed by atoms with Crippen molar-refractivity contribution in [2.45, 2.75) is 39.7 Å². The van der Waals surface area contributed by atoms with Gasteiger partial charge in [-0.2, -0.15) is 0 Å². The topological polar surface area (TPSA) is 3.24 Å². The first-order valence-corrected chi connectivity index (χ1v) is 6.54. The van der Waals surface area contributed by atoms with Crippen LogP contribution in [0.5, 0.6) is 0 Å². The van der Waals surface area contributed by atoms with Gasteiger partial charge in [0.1, 0.15) is 0 Å². The number of rotatable bonds is 3. The third kappa shape index (κ3) is 2.30. The van der Waals surface area contributed by atoms with Gasteiger partial charge in [-0.3, -0.25) is 4.90 Å². The van der Waals surface area contributed by atoms with E-state index in [4.69, 9.17) is 0 Å². The molecule has 0 saturated carbocycles. The molecule has 0 spiro atoms. The summed E-state index contributed by atoms with van der Waals surface area (Å²) in [5.74, 6) is 0.769. The summed E-state index contributed by atoms with van der Waals surface area (Å²) in [5.41, 5.74) is 3.14. The molecule has 1 aliphatic rings. The van der Waals surface area contributed by atoms with Gasteiger partial charge < -0.3 is 0 Å². The van der Waals surface area contributed by atoms with Crippen LogP contribution in [0, 0.1) is 5.92 Å². The van der Waals surface area contributed by atoms with Gasteiger partial charge in [-0.1, -0.05) is 45.0 Å². The Morgan fingerprint density at radius 2 is 2.06 bits per heavy atom. The monoisotopic (exact) mass is 217 g/mol. The van der Waals surface area contributed by atoms with Crippen LogP contribution in [0.2, 0.25) is 0 Å². The van der Waals surface area contributed by atoms with E-state index in [-0.39, 0.29) is 0 Å². The van der Waals surface area contributed by atoms with E-state index in [0.717, 1.165) is 5.92 Å². The highest BCUT2D eigenvalue weighted by atomic mass is 15.2. The van der Waals surface area contributed by atoms with Gasteiger partial charge in [-0.05, 0) is 36.4 Å². The number of fused-ring (bicyclic) bond motifs is 1. The molecule has 0 saturated heterocycles. The van der Waals surface area contributed by atoms with E-state index in [1.165, 1.54) is 25.9 Å². The highest BCUT2D eigenvalue weighted by Gasteiger charge is 2.26. The summed E-state index contributed by atoms with van der Waals surface area (Å²) in [4.78, 5) is 2.63. The minimum absolute atomic E-state index is 0.648. The van der Waals surface area contributed by atoms with Gasteiger partial charge in [0, 0.05) is 12.6 Å². The normalized spacial score (nSPS) is 21.1. The fourth-order valence-electron chi connectivity index (χ4n) is 2.80. The molecule has 1 atom stereocenters. The Bertz CT molecular complexity index is 343. The van der Waals surface area contributed by atoms with Crippen LogP contribution in [0.3, 0.4) is 0 Å². The lowest BCUT2D eigenvalue weighted by Crippen LogP contribution is -2.35. The Balaban J connectivity index is 2.29. The van der Waals surface area contributed by atoms with Gasteiger partial charge in [-0.15, -0.1) is 0 Å². The molecule has 0 bridgehead atoms. The summed E-state index contributed by atoms with van der Waals surface area (Å²) < 4.78 is 0. The van der Waals surface area contributed by atoms with Crippen LogP contribution >= 0.6 is 0 Å². The predicted octanol–water partition coefficient (Wildman–Crippen LogP) is 3.65. The zero-order chi connectivity index (χ0) is 11.5. The molecule has 1 heterocycles. The highest BCUT2D eigenvalue weighted by Crippen LogP contribution is 2.33. The molecule has 88 valence electrons. The minimum atomic E-state index is 0.648. The van der Waals surface area contributed by atoms with Crippen molar-refractivity contribution in [2.75, 3.05) is 13.1 Å². The molecule has 0 aliphatic carbocycles. The van der Waals surface area contributed by atoms with Gasteiger partial charge in [0.25, 0.3) is 0 Å².